The molecule has 1 saturated heterocycles. The quantitative estimate of drug-likeness (QED) is 0.916. The molecule has 1 N–H and O–H groups in total. The van der Waals surface area contributed by atoms with Gasteiger partial charge < -0.3 is 10.0 Å². The molecule has 0 saturated carbocycles. The summed E-state index contributed by atoms with van der Waals surface area (Å²) in [5, 5.41) is 8.93. The van der Waals surface area contributed by atoms with Crippen molar-refractivity contribution in [2.45, 2.75) is 44.6 Å². The number of carboxylic acid groups (broad SMARTS) is 1. The molecule has 6 heteroatoms. The first-order valence-electron chi connectivity index (χ1n) is 8.37. The Morgan fingerprint density at radius 2 is 2.13 bits per heavy atom. The molecular weight excluding hydrogens is 312 g/mol. The van der Waals surface area contributed by atoms with Gasteiger partial charge in [0.25, 0.3) is 5.91 Å². The average Bonchev–Trinajstić information content (AvgIpc) is 2.99. The summed E-state index contributed by atoms with van der Waals surface area (Å²) in [5.74, 6) is -0.635. The maximum absolute atomic E-state index is 12.7. The lowest BCUT2D eigenvalue weighted by atomic mass is 10.1. The first-order chi connectivity index (χ1) is 11.0. The molecule has 0 bridgehead atoms. The van der Waals surface area contributed by atoms with E-state index in [4.69, 9.17) is 5.11 Å². The van der Waals surface area contributed by atoms with Gasteiger partial charge in [-0.25, -0.2) is 0 Å². The number of hydrogen-bond acceptors (Lipinski definition) is 4. The SMILES string of the molecule is CN(CC(=O)O)C1CCCN(C(=O)c2cc3c(s2)CCC3)CC1. The molecule has 0 spiro atoms. The second kappa shape index (κ2) is 7.01. The van der Waals surface area contributed by atoms with Gasteiger partial charge in [0, 0.05) is 24.0 Å². The van der Waals surface area contributed by atoms with Gasteiger partial charge in [-0.15, -0.1) is 11.3 Å². The molecule has 2 heterocycles. The Kier molecular flexibility index (Phi) is 5.02. The standard InChI is InChI=1S/C17H24N2O3S/c1-18(11-16(20)21)13-5-3-8-19(9-7-13)17(22)15-10-12-4-2-6-14(12)23-15/h10,13H,2-9,11H2,1H3,(H,20,21). The van der Waals surface area contributed by atoms with E-state index in [0.29, 0.717) is 0 Å². The van der Waals surface area contributed by atoms with Gasteiger partial charge in [-0.05, 0) is 57.2 Å². The number of amides is 1. The van der Waals surface area contributed by atoms with Crippen LogP contribution in [-0.2, 0) is 17.6 Å². The Bertz CT molecular complexity index is 577. The van der Waals surface area contributed by atoms with Crippen molar-refractivity contribution in [1.82, 2.24) is 9.80 Å². The van der Waals surface area contributed by atoms with E-state index in [9.17, 15) is 9.59 Å². The molecule has 3 rings (SSSR count). The van der Waals surface area contributed by atoms with Crippen LogP contribution in [0.15, 0.2) is 6.07 Å². The van der Waals surface area contributed by atoms with Crippen molar-refractivity contribution in [1.29, 1.82) is 0 Å². The van der Waals surface area contributed by atoms with E-state index >= 15 is 0 Å². The number of aryl methyl sites for hydroxylation is 2. The van der Waals surface area contributed by atoms with Crippen molar-refractivity contribution < 1.29 is 14.7 Å². The molecule has 126 valence electrons. The lowest BCUT2D eigenvalue weighted by molar-refractivity contribution is -0.138. The highest BCUT2D eigenvalue weighted by molar-refractivity contribution is 7.14. The van der Waals surface area contributed by atoms with Crippen LogP contribution in [-0.4, -0.2) is 59.5 Å². The number of nitrogens with zero attached hydrogens (tertiary/aromatic N) is 2. The summed E-state index contributed by atoms with van der Waals surface area (Å²) in [7, 11) is 1.86. The summed E-state index contributed by atoms with van der Waals surface area (Å²) in [5.41, 5.74) is 1.37. The Hall–Kier alpha value is -1.40. The predicted octanol–water partition coefficient (Wildman–Crippen LogP) is 2.25. The first-order valence-corrected chi connectivity index (χ1v) is 9.19. The molecule has 5 nitrogen and oxygen atoms in total. The third-order valence-corrected chi connectivity index (χ3v) is 6.18. The van der Waals surface area contributed by atoms with Crippen molar-refractivity contribution in [2.24, 2.45) is 0 Å². The van der Waals surface area contributed by atoms with Crippen molar-refractivity contribution in [2.75, 3.05) is 26.7 Å². The Balaban J connectivity index is 1.60. The van der Waals surface area contributed by atoms with Gasteiger partial charge in [0.05, 0.1) is 11.4 Å². The van der Waals surface area contributed by atoms with Crippen molar-refractivity contribution in [3.63, 3.8) is 0 Å². The molecule has 1 amide bonds. The number of carboxylic acids is 1. The summed E-state index contributed by atoms with van der Waals surface area (Å²) in [4.78, 5) is 29.7. The minimum atomic E-state index is -0.794. The maximum atomic E-state index is 12.7. The fourth-order valence-electron chi connectivity index (χ4n) is 3.66. The van der Waals surface area contributed by atoms with Crippen molar-refractivity contribution in [3.05, 3.63) is 21.4 Å². The molecule has 1 aromatic heterocycles. The number of fused-ring (bicyclic) bond motifs is 1. The van der Waals surface area contributed by atoms with E-state index in [-0.39, 0.29) is 18.5 Å². The van der Waals surface area contributed by atoms with Crippen LogP contribution >= 0.6 is 11.3 Å². The van der Waals surface area contributed by atoms with Crippen LogP contribution in [0.1, 0.15) is 45.8 Å². The zero-order valence-corrected chi connectivity index (χ0v) is 14.4. The van der Waals surface area contributed by atoms with Gasteiger partial charge in [-0.2, -0.15) is 0 Å². The third kappa shape index (κ3) is 3.75. The average molecular weight is 336 g/mol. The summed E-state index contributed by atoms with van der Waals surface area (Å²) in [6.07, 6.45) is 6.19. The van der Waals surface area contributed by atoms with Gasteiger partial charge in [-0.1, -0.05) is 0 Å². The summed E-state index contributed by atoms with van der Waals surface area (Å²) in [6, 6.07) is 2.34. The molecule has 1 aliphatic heterocycles. The number of thiophene rings is 1. The zero-order chi connectivity index (χ0) is 16.4. The summed E-state index contributed by atoms with van der Waals surface area (Å²) in [6.45, 7) is 1.56. The second-order valence-corrected chi connectivity index (χ2v) is 7.74. The molecule has 1 unspecified atom stereocenters. The smallest absolute Gasteiger partial charge is 0.317 e. The summed E-state index contributed by atoms with van der Waals surface area (Å²) >= 11 is 1.67. The minimum absolute atomic E-state index is 0.0657. The van der Waals surface area contributed by atoms with Gasteiger partial charge in [0.15, 0.2) is 0 Å². The fraction of sp³-hybridized carbons (Fsp3) is 0.647. The third-order valence-electron chi connectivity index (χ3n) is 4.95. The predicted molar refractivity (Wildman–Crippen MR) is 90.2 cm³/mol. The van der Waals surface area contributed by atoms with E-state index in [1.54, 1.807) is 11.3 Å². The minimum Gasteiger partial charge on any atom is -0.480 e. The van der Waals surface area contributed by atoms with Crippen molar-refractivity contribution >= 4 is 23.2 Å². The maximum Gasteiger partial charge on any atom is 0.317 e. The molecule has 1 aromatic rings. The number of hydrogen-bond donors (Lipinski definition) is 1. The molecule has 1 aliphatic carbocycles. The van der Waals surface area contributed by atoms with Crippen LogP contribution in [0.2, 0.25) is 0 Å². The van der Waals surface area contributed by atoms with Gasteiger partial charge in [0.1, 0.15) is 0 Å². The van der Waals surface area contributed by atoms with Crippen molar-refractivity contribution in [3.8, 4) is 0 Å². The molecule has 2 aliphatic rings. The van der Waals surface area contributed by atoms with Crippen LogP contribution < -0.4 is 0 Å². The van der Waals surface area contributed by atoms with Gasteiger partial charge in [0.2, 0.25) is 0 Å². The Labute approximate surface area is 140 Å². The fourth-order valence-corrected chi connectivity index (χ4v) is 4.88. The largest absolute Gasteiger partial charge is 0.480 e. The van der Waals surface area contributed by atoms with Gasteiger partial charge in [-0.3, -0.25) is 14.5 Å². The van der Waals surface area contributed by atoms with Crippen LogP contribution in [0.25, 0.3) is 0 Å². The number of rotatable bonds is 4. The van der Waals surface area contributed by atoms with Crippen LogP contribution in [0.5, 0.6) is 0 Å². The van der Waals surface area contributed by atoms with E-state index in [1.807, 2.05) is 16.8 Å². The number of carbonyl (C=O) groups is 2. The topological polar surface area (TPSA) is 60.9 Å². The molecule has 23 heavy (non-hydrogen) atoms. The van der Waals surface area contributed by atoms with Crippen LogP contribution in [0.4, 0.5) is 0 Å². The highest BCUT2D eigenvalue weighted by Crippen LogP contribution is 2.31. The summed E-state index contributed by atoms with van der Waals surface area (Å²) < 4.78 is 0. The number of aliphatic carboxylic acids is 1. The molecular formula is C17H24N2O3S. The Morgan fingerprint density at radius 1 is 1.30 bits per heavy atom. The van der Waals surface area contributed by atoms with Gasteiger partial charge >= 0.3 is 5.97 Å². The molecule has 1 fully saturated rings. The monoisotopic (exact) mass is 336 g/mol. The number of likely N-dealkylation sites (N-methyl/N-ethyl adjacent to an activating group) is 1. The number of likely N-dealkylation sites (tertiary alicyclic amines) is 1. The van der Waals surface area contributed by atoms with E-state index in [1.165, 1.54) is 16.9 Å². The number of carbonyl (C=O) groups excluding carboxylic acids is 1. The lowest BCUT2D eigenvalue weighted by Gasteiger charge is -2.25. The first kappa shape index (κ1) is 16.5. The molecule has 0 radical (unpaired) electrons. The Morgan fingerprint density at radius 3 is 2.87 bits per heavy atom. The van der Waals surface area contributed by atoms with E-state index < -0.39 is 5.97 Å². The highest BCUT2D eigenvalue weighted by Gasteiger charge is 2.26. The lowest BCUT2D eigenvalue weighted by Crippen LogP contribution is -2.37. The van der Waals surface area contributed by atoms with E-state index in [2.05, 4.69) is 6.07 Å². The van der Waals surface area contributed by atoms with E-state index in [0.717, 1.165) is 50.1 Å². The van der Waals surface area contributed by atoms with Crippen LogP contribution in [0.3, 0.4) is 0 Å². The molecule has 1 atom stereocenters. The van der Waals surface area contributed by atoms with Crippen LogP contribution in [0, 0.1) is 0 Å². The zero-order valence-electron chi connectivity index (χ0n) is 13.6. The normalized spacial score (nSPS) is 21.3. The second-order valence-electron chi connectivity index (χ2n) is 6.60. The molecule has 0 aromatic carbocycles. The highest BCUT2D eigenvalue weighted by atomic mass is 32.1.